The van der Waals surface area contributed by atoms with Crippen LogP contribution in [0.1, 0.15) is 36.5 Å². The van der Waals surface area contributed by atoms with Crippen LogP contribution >= 0.6 is 0 Å². The first-order valence-electron chi connectivity index (χ1n) is 6.79. The van der Waals surface area contributed by atoms with Crippen molar-refractivity contribution in [3.63, 3.8) is 0 Å². The van der Waals surface area contributed by atoms with Crippen molar-refractivity contribution in [3.05, 3.63) is 33.9 Å². The van der Waals surface area contributed by atoms with Crippen molar-refractivity contribution < 1.29 is 19.9 Å². The van der Waals surface area contributed by atoms with Crippen LogP contribution in [0.5, 0.6) is 5.75 Å². The van der Waals surface area contributed by atoms with Crippen LogP contribution in [0.4, 0.5) is 5.69 Å². The van der Waals surface area contributed by atoms with Crippen LogP contribution in [-0.2, 0) is 0 Å². The van der Waals surface area contributed by atoms with E-state index in [9.17, 15) is 25.1 Å². The Morgan fingerprint density at radius 2 is 2.10 bits per heavy atom. The molecule has 1 aromatic rings. The highest BCUT2D eigenvalue weighted by molar-refractivity contribution is 5.95. The standard InChI is InChI=1S/C14H18N2O5/c1-14(19)5-2-7-15(8-6-14)13(18)10-3-4-11(16(20)21)12(17)9-10/h3-4,9,17,19H,2,5-8H2,1H3. The van der Waals surface area contributed by atoms with Crippen molar-refractivity contribution in [2.24, 2.45) is 0 Å². The molecule has 21 heavy (non-hydrogen) atoms. The lowest BCUT2D eigenvalue weighted by Gasteiger charge is -2.22. The highest BCUT2D eigenvalue weighted by atomic mass is 16.6. The molecule has 0 aromatic heterocycles. The number of amides is 1. The van der Waals surface area contributed by atoms with E-state index >= 15 is 0 Å². The molecule has 1 aliphatic heterocycles. The smallest absolute Gasteiger partial charge is 0.310 e. The van der Waals surface area contributed by atoms with E-state index in [0.717, 1.165) is 12.1 Å². The fourth-order valence-electron chi connectivity index (χ4n) is 2.46. The highest BCUT2D eigenvalue weighted by Crippen LogP contribution is 2.28. The third-order valence-electron chi connectivity index (χ3n) is 3.77. The summed E-state index contributed by atoms with van der Waals surface area (Å²) in [6, 6.07) is 3.57. The maximum Gasteiger partial charge on any atom is 0.310 e. The Labute approximate surface area is 122 Å². The van der Waals surface area contributed by atoms with Gasteiger partial charge in [-0.05, 0) is 38.3 Å². The van der Waals surface area contributed by atoms with Crippen LogP contribution < -0.4 is 0 Å². The first kappa shape index (κ1) is 15.2. The number of hydrogen-bond acceptors (Lipinski definition) is 5. The topological polar surface area (TPSA) is 104 Å². The highest BCUT2D eigenvalue weighted by Gasteiger charge is 2.28. The van der Waals surface area contributed by atoms with E-state index in [1.165, 1.54) is 6.07 Å². The fraction of sp³-hybridized carbons (Fsp3) is 0.500. The van der Waals surface area contributed by atoms with Gasteiger partial charge in [-0.25, -0.2) is 0 Å². The van der Waals surface area contributed by atoms with Gasteiger partial charge >= 0.3 is 5.69 Å². The molecule has 2 N–H and O–H groups in total. The van der Waals surface area contributed by atoms with Gasteiger partial charge in [-0.15, -0.1) is 0 Å². The Hall–Kier alpha value is -2.15. The van der Waals surface area contributed by atoms with Crippen LogP contribution in [0.25, 0.3) is 0 Å². The summed E-state index contributed by atoms with van der Waals surface area (Å²) in [7, 11) is 0. The average molecular weight is 294 g/mol. The molecule has 0 saturated carbocycles. The van der Waals surface area contributed by atoms with E-state index in [4.69, 9.17) is 0 Å². The van der Waals surface area contributed by atoms with Gasteiger partial charge in [0, 0.05) is 24.7 Å². The molecule has 0 bridgehead atoms. The minimum atomic E-state index is -0.771. The molecule has 1 heterocycles. The van der Waals surface area contributed by atoms with Crippen LogP contribution in [0.15, 0.2) is 18.2 Å². The predicted molar refractivity (Wildman–Crippen MR) is 75.1 cm³/mol. The molecule has 0 aliphatic carbocycles. The predicted octanol–water partition coefficient (Wildman–Crippen LogP) is 1.68. The Morgan fingerprint density at radius 1 is 1.38 bits per heavy atom. The van der Waals surface area contributed by atoms with E-state index in [1.807, 2.05) is 0 Å². The third-order valence-corrected chi connectivity index (χ3v) is 3.77. The number of hydrogen-bond donors (Lipinski definition) is 2. The lowest BCUT2D eigenvalue weighted by molar-refractivity contribution is -0.385. The van der Waals surface area contributed by atoms with Gasteiger partial charge in [-0.3, -0.25) is 14.9 Å². The Bertz CT molecular complexity index is 570. The number of phenols is 1. The molecular formula is C14H18N2O5. The van der Waals surface area contributed by atoms with Gasteiger partial charge in [0.15, 0.2) is 5.75 Å². The summed E-state index contributed by atoms with van der Waals surface area (Å²) in [4.78, 5) is 23.9. The summed E-state index contributed by atoms with van der Waals surface area (Å²) in [5.74, 6) is -0.814. The summed E-state index contributed by atoms with van der Waals surface area (Å²) in [5, 5.41) is 30.3. The van der Waals surface area contributed by atoms with Gasteiger partial charge in [-0.1, -0.05) is 0 Å². The maximum absolute atomic E-state index is 12.4. The number of benzene rings is 1. The molecule has 0 radical (unpaired) electrons. The minimum Gasteiger partial charge on any atom is -0.502 e. The van der Waals surface area contributed by atoms with Gasteiger partial charge in [0.05, 0.1) is 10.5 Å². The zero-order valence-corrected chi connectivity index (χ0v) is 11.8. The van der Waals surface area contributed by atoms with Crippen LogP contribution in [0, 0.1) is 10.1 Å². The third kappa shape index (κ3) is 3.49. The molecule has 1 aliphatic rings. The molecular weight excluding hydrogens is 276 g/mol. The summed E-state index contributed by atoms with van der Waals surface area (Å²) in [5.41, 5.74) is -0.989. The lowest BCUT2D eigenvalue weighted by Crippen LogP contribution is -2.33. The van der Waals surface area contributed by atoms with Crippen LogP contribution in [0.3, 0.4) is 0 Å². The van der Waals surface area contributed by atoms with E-state index in [-0.39, 0.29) is 11.5 Å². The minimum absolute atomic E-state index is 0.208. The number of likely N-dealkylation sites (tertiary alicyclic amines) is 1. The Balaban J connectivity index is 2.16. The molecule has 114 valence electrons. The molecule has 1 atom stereocenters. The zero-order chi connectivity index (χ0) is 15.6. The van der Waals surface area contributed by atoms with Crippen molar-refractivity contribution in [2.75, 3.05) is 13.1 Å². The van der Waals surface area contributed by atoms with Gasteiger partial charge in [0.1, 0.15) is 0 Å². The first-order chi connectivity index (χ1) is 9.80. The molecule has 7 nitrogen and oxygen atoms in total. The van der Waals surface area contributed by atoms with Gasteiger partial charge in [0.2, 0.25) is 0 Å². The van der Waals surface area contributed by atoms with Gasteiger partial charge in [-0.2, -0.15) is 0 Å². The Kier molecular flexibility index (Phi) is 4.13. The van der Waals surface area contributed by atoms with Crippen molar-refractivity contribution in [1.29, 1.82) is 0 Å². The number of carbonyl (C=O) groups excluding carboxylic acids is 1. The average Bonchev–Trinajstić information content (AvgIpc) is 2.58. The number of phenolic OH excluding ortho intramolecular Hbond substituents is 1. The molecule has 1 fully saturated rings. The van der Waals surface area contributed by atoms with Gasteiger partial charge < -0.3 is 15.1 Å². The molecule has 1 amide bonds. The SMILES string of the molecule is CC1(O)CCCN(C(=O)c2ccc([N+](=O)[O-])c(O)c2)CC1. The van der Waals surface area contributed by atoms with E-state index in [1.54, 1.807) is 11.8 Å². The lowest BCUT2D eigenvalue weighted by atomic mass is 9.98. The van der Waals surface area contributed by atoms with Gasteiger partial charge in [0.25, 0.3) is 5.91 Å². The summed E-state index contributed by atoms with van der Waals surface area (Å²) in [6.07, 6.45) is 1.80. The van der Waals surface area contributed by atoms with Crippen LogP contribution in [0.2, 0.25) is 0 Å². The fourth-order valence-corrected chi connectivity index (χ4v) is 2.46. The number of nitro benzene ring substituents is 1. The molecule has 1 aromatic carbocycles. The number of nitro groups is 1. The van der Waals surface area contributed by atoms with Crippen molar-refractivity contribution in [2.45, 2.75) is 31.8 Å². The molecule has 0 spiro atoms. The first-order valence-corrected chi connectivity index (χ1v) is 6.79. The largest absolute Gasteiger partial charge is 0.502 e. The Morgan fingerprint density at radius 3 is 2.71 bits per heavy atom. The molecule has 1 unspecified atom stereocenters. The van der Waals surface area contributed by atoms with E-state index in [2.05, 4.69) is 0 Å². The number of nitrogens with zero attached hydrogens (tertiary/aromatic N) is 2. The molecule has 7 heteroatoms. The van der Waals surface area contributed by atoms with Crippen molar-refractivity contribution in [3.8, 4) is 5.75 Å². The van der Waals surface area contributed by atoms with Crippen molar-refractivity contribution >= 4 is 11.6 Å². The summed E-state index contributed by atoms with van der Waals surface area (Å²) in [6.45, 7) is 2.69. The van der Waals surface area contributed by atoms with E-state index < -0.39 is 22.0 Å². The maximum atomic E-state index is 12.4. The van der Waals surface area contributed by atoms with Crippen LogP contribution in [-0.4, -0.2) is 44.6 Å². The summed E-state index contributed by atoms with van der Waals surface area (Å²) >= 11 is 0. The number of carbonyl (C=O) groups is 1. The number of aliphatic hydroxyl groups is 1. The molecule has 1 saturated heterocycles. The number of aromatic hydroxyl groups is 1. The normalized spacial score (nSPS) is 22.7. The monoisotopic (exact) mass is 294 g/mol. The quantitative estimate of drug-likeness (QED) is 0.638. The van der Waals surface area contributed by atoms with Crippen molar-refractivity contribution in [1.82, 2.24) is 4.90 Å². The second-order valence-electron chi connectivity index (χ2n) is 5.60. The van der Waals surface area contributed by atoms with E-state index in [0.29, 0.717) is 32.4 Å². The second kappa shape index (κ2) is 5.69. The number of rotatable bonds is 2. The zero-order valence-electron chi connectivity index (χ0n) is 11.8. The summed E-state index contributed by atoms with van der Waals surface area (Å²) < 4.78 is 0. The second-order valence-corrected chi connectivity index (χ2v) is 5.60. The molecule has 2 rings (SSSR count).